The summed E-state index contributed by atoms with van der Waals surface area (Å²) < 4.78 is 40.2. The fourth-order valence-corrected chi connectivity index (χ4v) is 3.05. The molecule has 1 rings (SSSR count). The minimum atomic E-state index is -3.83. The van der Waals surface area contributed by atoms with Crippen molar-refractivity contribution in [3.05, 3.63) is 23.5 Å². The maximum Gasteiger partial charge on any atom is 0.243 e. The van der Waals surface area contributed by atoms with E-state index in [-0.39, 0.29) is 16.1 Å². The van der Waals surface area contributed by atoms with Crippen LogP contribution in [0.5, 0.6) is 0 Å². The third-order valence-electron chi connectivity index (χ3n) is 2.86. The normalized spacial score (nSPS) is 11.7. The van der Waals surface area contributed by atoms with Crippen LogP contribution in [-0.2, 0) is 10.0 Å². The molecule has 0 aliphatic rings. The predicted octanol–water partition coefficient (Wildman–Crippen LogP) is 2.57. The second-order valence-electron chi connectivity index (χ2n) is 4.61. The highest BCUT2D eigenvalue weighted by atomic mass is 32.2. The van der Waals surface area contributed by atoms with E-state index in [0.717, 1.165) is 31.7 Å². The Bertz CT molecular complexity index is 530. The van der Waals surface area contributed by atoms with E-state index in [4.69, 9.17) is 5.73 Å². The molecule has 0 amide bonds. The molecule has 0 aliphatic heterocycles. The molecule has 0 spiro atoms. The van der Waals surface area contributed by atoms with Crippen molar-refractivity contribution in [2.45, 2.75) is 44.4 Å². The molecule has 0 unspecified atom stereocenters. The number of aryl methyl sites for hydroxylation is 1. The molecule has 0 saturated heterocycles. The van der Waals surface area contributed by atoms with Gasteiger partial charge in [-0.05, 0) is 31.0 Å². The second kappa shape index (κ2) is 6.86. The molecule has 0 atom stereocenters. The molecule has 6 heteroatoms. The van der Waals surface area contributed by atoms with E-state index >= 15 is 0 Å². The Morgan fingerprint density at radius 1 is 1.26 bits per heavy atom. The molecule has 0 aliphatic carbocycles. The Morgan fingerprint density at radius 2 is 1.95 bits per heavy atom. The minimum Gasteiger partial charge on any atom is -0.399 e. The number of sulfonamides is 1. The summed E-state index contributed by atoms with van der Waals surface area (Å²) >= 11 is 0. The summed E-state index contributed by atoms with van der Waals surface area (Å²) in [5.74, 6) is -0.741. The quantitative estimate of drug-likeness (QED) is 0.598. The predicted molar refractivity (Wildman–Crippen MR) is 74.9 cm³/mol. The van der Waals surface area contributed by atoms with Gasteiger partial charge in [-0.1, -0.05) is 26.2 Å². The number of rotatable bonds is 7. The van der Waals surface area contributed by atoms with Crippen LogP contribution in [0.15, 0.2) is 17.0 Å². The van der Waals surface area contributed by atoms with Crippen molar-refractivity contribution in [1.82, 2.24) is 4.72 Å². The number of anilines is 1. The highest BCUT2D eigenvalue weighted by molar-refractivity contribution is 7.89. The Balaban J connectivity index is 2.78. The smallest absolute Gasteiger partial charge is 0.243 e. The lowest BCUT2D eigenvalue weighted by molar-refractivity contribution is 0.549. The lowest BCUT2D eigenvalue weighted by Gasteiger charge is -2.10. The minimum absolute atomic E-state index is 0.228. The van der Waals surface area contributed by atoms with Crippen molar-refractivity contribution in [3.8, 4) is 0 Å². The third kappa shape index (κ3) is 4.47. The first-order chi connectivity index (χ1) is 8.88. The number of halogens is 1. The number of hydrogen-bond acceptors (Lipinski definition) is 3. The standard InChI is InChI=1S/C13H21FN2O2S/c1-3-4-5-6-7-16-19(17,18)12-9-11(15)8-10(2)13(12)14/h8-9,16H,3-7,15H2,1-2H3. The van der Waals surface area contributed by atoms with Crippen LogP contribution >= 0.6 is 0 Å². The number of benzene rings is 1. The molecule has 3 N–H and O–H groups in total. The van der Waals surface area contributed by atoms with Gasteiger partial charge in [-0.3, -0.25) is 0 Å². The highest BCUT2D eigenvalue weighted by Crippen LogP contribution is 2.21. The molecule has 4 nitrogen and oxygen atoms in total. The van der Waals surface area contributed by atoms with E-state index in [9.17, 15) is 12.8 Å². The van der Waals surface area contributed by atoms with Crippen LogP contribution in [0, 0.1) is 12.7 Å². The van der Waals surface area contributed by atoms with Crippen LogP contribution in [0.1, 0.15) is 38.2 Å². The van der Waals surface area contributed by atoms with Gasteiger partial charge in [0.15, 0.2) is 0 Å². The van der Waals surface area contributed by atoms with Crippen molar-refractivity contribution < 1.29 is 12.8 Å². The lowest BCUT2D eigenvalue weighted by atomic mass is 10.2. The van der Waals surface area contributed by atoms with Crippen LogP contribution < -0.4 is 10.5 Å². The topological polar surface area (TPSA) is 72.2 Å². The third-order valence-corrected chi connectivity index (χ3v) is 4.32. The molecule has 0 fully saturated rings. The molecule has 0 saturated carbocycles. The fraction of sp³-hybridized carbons (Fsp3) is 0.538. The summed E-state index contributed by atoms with van der Waals surface area (Å²) in [6, 6.07) is 2.56. The molecular weight excluding hydrogens is 267 g/mol. The number of nitrogens with one attached hydrogen (secondary N) is 1. The van der Waals surface area contributed by atoms with Crippen LogP contribution in [0.2, 0.25) is 0 Å². The fourth-order valence-electron chi connectivity index (χ4n) is 1.80. The molecule has 0 heterocycles. The summed E-state index contributed by atoms with van der Waals surface area (Å²) in [5.41, 5.74) is 6.03. The zero-order valence-corrected chi connectivity index (χ0v) is 12.2. The maximum absolute atomic E-state index is 13.8. The van der Waals surface area contributed by atoms with Gasteiger partial charge in [0.1, 0.15) is 10.7 Å². The van der Waals surface area contributed by atoms with Gasteiger partial charge in [0.05, 0.1) is 0 Å². The largest absolute Gasteiger partial charge is 0.399 e. The summed E-state index contributed by atoms with van der Waals surface area (Å²) in [6.07, 6.45) is 3.84. The summed E-state index contributed by atoms with van der Waals surface area (Å²) in [5, 5.41) is 0. The average Bonchev–Trinajstić information content (AvgIpc) is 2.33. The molecule has 108 valence electrons. The van der Waals surface area contributed by atoms with E-state index in [2.05, 4.69) is 11.6 Å². The van der Waals surface area contributed by atoms with Gasteiger partial charge in [0.25, 0.3) is 0 Å². The number of hydrogen-bond donors (Lipinski definition) is 2. The SMILES string of the molecule is CCCCCCNS(=O)(=O)c1cc(N)cc(C)c1F. The van der Waals surface area contributed by atoms with Crippen LogP contribution in [-0.4, -0.2) is 15.0 Å². The van der Waals surface area contributed by atoms with Crippen molar-refractivity contribution in [3.63, 3.8) is 0 Å². The van der Waals surface area contributed by atoms with Gasteiger partial charge in [0, 0.05) is 12.2 Å². The van der Waals surface area contributed by atoms with Crippen molar-refractivity contribution in [1.29, 1.82) is 0 Å². The van der Waals surface area contributed by atoms with E-state index < -0.39 is 15.8 Å². The van der Waals surface area contributed by atoms with Crippen LogP contribution in [0.4, 0.5) is 10.1 Å². The monoisotopic (exact) mass is 288 g/mol. The van der Waals surface area contributed by atoms with Crippen molar-refractivity contribution in [2.24, 2.45) is 0 Å². The van der Waals surface area contributed by atoms with Crippen LogP contribution in [0.25, 0.3) is 0 Å². The Kier molecular flexibility index (Phi) is 5.75. The number of nitrogens with two attached hydrogens (primary N) is 1. The van der Waals surface area contributed by atoms with Gasteiger partial charge >= 0.3 is 0 Å². The second-order valence-corrected chi connectivity index (χ2v) is 6.34. The molecule has 0 bridgehead atoms. The zero-order valence-electron chi connectivity index (χ0n) is 11.4. The van der Waals surface area contributed by atoms with Gasteiger partial charge in [0.2, 0.25) is 10.0 Å². The van der Waals surface area contributed by atoms with Gasteiger partial charge in [-0.15, -0.1) is 0 Å². The van der Waals surface area contributed by atoms with Gasteiger partial charge in [-0.2, -0.15) is 0 Å². The maximum atomic E-state index is 13.8. The van der Waals surface area contributed by atoms with E-state index in [0.29, 0.717) is 6.54 Å². The Morgan fingerprint density at radius 3 is 2.58 bits per heavy atom. The Labute approximate surface area is 114 Å². The first-order valence-electron chi connectivity index (χ1n) is 6.43. The van der Waals surface area contributed by atoms with E-state index in [1.54, 1.807) is 0 Å². The molecule has 1 aromatic rings. The first kappa shape index (κ1) is 15.9. The molecule has 19 heavy (non-hydrogen) atoms. The van der Waals surface area contributed by atoms with Crippen LogP contribution in [0.3, 0.4) is 0 Å². The van der Waals surface area contributed by atoms with Gasteiger partial charge in [-0.25, -0.2) is 17.5 Å². The summed E-state index contributed by atoms with van der Waals surface area (Å²) in [7, 11) is -3.83. The summed E-state index contributed by atoms with van der Waals surface area (Å²) in [4.78, 5) is -0.375. The molecular formula is C13H21FN2O2S. The summed E-state index contributed by atoms with van der Waals surface area (Å²) in [6.45, 7) is 3.89. The molecule has 0 aromatic heterocycles. The molecule has 0 radical (unpaired) electrons. The van der Waals surface area contributed by atoms with Gasteiger partial charge < -0.3 is 5.73 Å². The Hall–Kier alpha value is -1.14. The number of nitrogen functional groups attached to an aromatic ring is 1. The average molecular weight is 288 g/mol. The zero-order chi connectivity index (χ0) is 14.5. The first-order valence-corrected chi connectivity index (χ1v) is 7.92. The lowest BCUT2D eigenvalue weighted by Crippen LogP contribution is -2.26. The van der Waals surface area contributed by atoms with E-state index in [1.807, 2.05) is 0 Å². The number of unbranched alkanes of at least 4 members (excludes halogenated alkanes) is 3. The highest BCUT2D eigenvalue weighted by Gasteiger charge is 2.20. The van der Waals surface area contributed by atoms with Crippen molar-refractivity contribution >= 4 is 15.7 Å². The van der Waals surface area contributed by atoms with Crippen molar-refractivity contribution in [2.75, 3.05) is 12.3 Å². The van der Waals surface area contributed by atoms with E-state index in [1.165, 1.54) is 13.0 Å². The molecule has 1 aromatic carbocycles.